The SMILES string of the molecule is N#Cc1ccccc1CN[C@H]1CCCN2C(=O)COc3c(F)ccc(F)c3C3CCC(CC3)OC[C@@H]12. The maximum absolute atomic E-state index is 14.8. The molecule has 0 aromatic heterocycles. The lowest BCUT2D eigenvalue weighted by atomic mass is 9.82. The third-order valence-corrected chi connectivity index (χ3v) is 7.81. The third kappa shape index (κ3) is 5.09. The fourth-order valence-electron chi connectivity index (χ4n) is 5.88. The van der Waals surface area contributed by atoms with Gasteiger partial charge in [-0.3, -0.25) is 4.79 Å². The summed E-state index contributed by atoms with van der Waals surface area (Å²) < 4.78 is 41.6. The topological polar surface area (TPSA) is 74.6 Å². The summed E-state index contributed by atoms with van der Waals surface area (Å²) in [5.41, 5.74) is 1.77. The van der Waals surface area contributed by atoms with E-state index in [4.69, 9.17) is 9.47 Å². The molecule has 1 N–H and O–H groups in total. The molecule has 0 unspecified atom stereocenters. The molecule has 1 saturated carbocycles. The number of halogens is 2. The molecule has 1 saturated heterocycles. The monoisotopic (exact) mass is 495 g/mol. The number of benzene rings is 2. The lowest BCUT2D eigenvalue weighted by Gasteiger charge is -2.42. The standard InChI is InChI=1S/C28H31F2N3O3/c29-22-11-12-23(30)28-27(22)18-7-9-21(10-8-18)35-16-25-24(6-3-13-33(25)26(34)17-36-28)32-15-20-5-2-1-4-19(20)14-31/h1-2,4-5,11-12,18,21,24-25,32H,3,6-10,13,15-17H2/t18?,21?,24-,25-/m0/s1. The van der Waals surface area contributed by atoms with E-state index < -0.39 is 11.6 Å². The van der Waals surface area contributed by atoms with Crippen molar-refractivity contribution in [1.29, 1.82) is 5.26 Å². The number of nitrogens with one attached hydrogen (secondary N) is 1. The summed E-state index contributed by atoms with van der Waals surface area (Å²) in [6.45, 7) is 1.08. The number of hydrogen-bond acceptors (Lipinski definition) is 5. The molecule has 190 valence electrons. The van der Waals surface area contributed by atoms with Crippen molar-refractivity contribution >= 4 is 5.91 Å². The summed E-state index contributed by atoms with van der Waals surface area (Å²) >= 11 is 0. The lowest BCUT2D eigenvalue weighted by Crippen LogP contribution is -2.58. The molecule has 6 rings (SSSR count). The Balaban J connectivity index is 1.39. The fourth-order valence-corrected chi connectivity index (χ4v) is 5.88. The van der Waals surface area contributed by atoms with E-state index in [2.05, 4.69) is 11.4 Å². The van der Waals surface area contributed by atoms with Crippen LogP contribution in [0.3, 0.4) is 0 Å². The van der Waals surface area contributed by atoms with Crippen LogP contribution in [0.5, 0.6) is 5.75 Å². The van der Waals surface area contributed by atoms with Crippen molar-refractivity contribution in [1.82, 2.24) is 10.2 Å². The van der Waals surface area contributed by atoms with Crippen LogP contribution in [-0.4, -0.2) is 48.8 Å². The minimum absolute atomic E-state index is 0.0156. The van der Waals surface area contributed by atoms with Gasteiger partial charge in [0.25, 0.3) is 5.91 Å². The van der Waals surface area contributed by atoms with E-state index in [1.807, 2.05) is 18.2 Å². The van der Waals surface area contributed by atoms with E-state index in [9.17, 15) is 18.8 Å². The van der Waals surface area contributed by atoms with Gasteiger partial charge in [-0.1, -0.05) is 18.2 Å². The van der Waals surface area contributed by atoms with Crippen LogP contribution < -0.4 is 10.1 Å². The van der Waals surface area contributed by atoms with Crippen LogP contribution in [0.2, 0.25) is 0 Å². The molecular weight excluding hydrogens is 464 g/mol. The number of nitriles is 1. The maximum atomic E-state index is 14.8. The van der Waals surface area contributed by atoms with Crippen molar-refractivity contribution in [3.05, 3.63) is 64.7 Å². The molecule has 4 aliphatic rings. The first kappa shape index (κ1) is 24.7. The van der Waals surface area contributed by atoms with Crippen LogP contribution in [0.15, 0.2) is 36.4 Å². The Morgan fingerprint density at radius 2 is 1.83 bits per heavy atom. The summed E-state index contributed by atoms with van der Waals surface area (Å²) in [4.78, 5) is 15.1. The zero-order valence-electron chi connectivity index (χ0n) is 20.2. The Bertz CT molecular complexity index is 1140. The average molecular weight is 496 g/mol. The summed E-state index contributed by atoms with van der Waals surface area (Å²) in [6, 6.07) is 11.7. The first-order valence-corrected chi connectivity index (χ1v) is 12.8. The number of ether oxygens (including phenoxy) is 2. The predicted octanol–water partition coefficient (Wildman–Crippen LogP) is 4.42. The fraction of sp³-hybridized carbons (Fsp3) is 0.500. The van der Waals surface area contributed by atoms with Gasteiger partial charge in [-0.2, -0.15) is 5.26 Å². The highest BCUT2D eigenvalue weighted by atomic mass is 19.1. The Morgan fingerprint density at radius 3 is 2.64 bits per heavy atom. The van der Waals surface area contributed by atoms with Gasteiger partial charge in [-0.05, 0) is 68.2 Å². The van der Waals surface area contributed by atoms with Crippen molar-refractivity contribution in [2.75, 3.05) is 19.8 Å². The van der Waals surface area contributed by atoms with E-state index in [-0.39, 0.29) is 47.9 Å². The lowest BCUT2D eigenvalue weighted by molar-refractivity contribution is -0.140. The van der Waals surface area contributed by atoms with Gasteiger partial charge in [0.05, 0.1) is 30.4 Å². The number of nitrogens with zero attached hydrogens (tertiary/aromatic N) is 2. The Kier molecular flexibility index (Phi) is 7.49. The number of carbonyl (C=O) groups is 1. The molecule has 2 fully saturated rings. The molecule has 3 aliphatic heterocycles. The molecule has 2 atom stereocenters. The minimum Gasteiger partial charge on any atom is -0.480 e. The van der Waals surface area contributed by atoms with E-state index in [0.717, 1.165) is 43.4 Å². The van der Waals surface area contributed by atoms with Gasteiger partial charge in [-0.25, -0.2) is 8.78 Å². The summed E-state index contributed by atoms with van der Waals surface area (Å²) in [7, 11) is 0. The van der Waals surface area contributed by atoms with E-state index >= 15 is 0 Å². The zero-order valence-corrected chi connectivity index (χ0v) is 20.2. The summed E-state index contributed by atoms with van der Waals surface area (Å²) in [6.07, 6.45) is 4.52. The number of fused-ring (bicyclic) bond motifs is 5. The van der Waals surface area contributed by atoms with Crippen LogP contribution in [0.25, 0.3) is 0 Å². The number of hydrogen-bond donors (Lipinski definition) is 1. The van der Waals surface area contributed by atoms with Gasteiger partial charge in [0.15, 0.2) is 18.2 Å². The van der Waals surface area contributed by atoms with E-state index in [0.29, 0.717) is 38.1 Å². The first-order valence-electron chi connectivity index (χ1n) is 12.8. The van der Waals surface area contributed by atoms with Crippen molar-refractivity contribution in [3.8, 4) is 11.8 Å². The first-order chi connectivity index (χ1) is 17.5. The van der Waals surface area contributed by atoms with Crippen LogP contribution in [-0.2, 0) is 16.1 Å². The van der Waals surface area contributed by atoms with Crippen LogP contribution in [0.1, 0.15) is 61.1 Å². The van der Waals surface area contributed by atoms with Crippen LogP contribution in [0, 0.1) is 23.0 Å². The molecule has 3 heterocycles. The Hall–Kier alpha value is -3.02. The second-order valence-corrected chi connectivity index (χ2v) is 9.92. The zero-order chi connectivity index (χ0) is 25.1. The molecule has 6 nitrogen and oxygen atoms in total. The predicted molar refractivity (Wildman–Crippen MR) is 129 cm³/mol. The number of piperidine rings is 1. The van der Waals surface area contributed by atoms with Crippen molar-refractivity contribution in [2.24, 2.45) is 0 Å². The molecule has 1 amide bonds. The Labute approximate surface area is 210 Å². The molecule has 2 bridgehead atoms. The molecule has 0 radical (unpaired) electrons. The van der Waals surface area contributed by atoms with Gasteiger partial charge in [0.2, 0.25) is 0 Å². The highest BCUT2D eigenvalue weighted by Gasteiger charge is 2.37. The van der Waals surface area contributed by atoms with Gasteiger partial charge < -0.3 is 19.7 Å². The quantitative estimate of drug-likeness (QED) is 0.682. The number of amides is 1. The van der Waals surface area contributed by atoms with Crippen LogP contribution >= 0.6 is 0 Å². The van der Waals surface area contributed by atoms with Gasteiger partial charge in [0, 0.05) is 24.7 Å². The number of rotatable bonds is 3. The normalized spacial score (nSPS) is 26.5. The summed E-state index contributed by atoms with van der Waals surface area (Å²) in [5.74, 6) is -1.70. The van der Waals surface area contributed by atoms with Gasteiger partial charge in [0.1, 0.15) is 5.82 Å². The second kappa shape index (κ2) is 10.9. The Morgan fingerprint density at radius 1 is 1.06 bits per heavy atom. The second-order valence-electron chi connectivity index (χ2n) is 9.92. The molecule has 0 spiro atoms. The van der Waals surface area contributed by atoms with Gasteiger partial charge in [-0.15, -0.1) is 0 Å². The molecular formula is C28H31F2N3O3. The smallest absolute Gasteiger partial charge is 0.260 e. The molecule has 8 heteroatoms. The van der Waals surface area contributed by atoms with Crippen molar-refractivity contribution in [2.45, 2.75) is 69.2 Å². The van der Waals surface area contributed by atoms with Crippen molar-refractivity contribution in [3.63, 3.8) is 0 Å². The maximum Gasteiger partial charge on any atom is 0.260 e. The highest BCUT2D eigenvalue weighted by molar-refractivity contribution is 5.78. The number of carbonyl (C=O) groups excluding carboxylic acids is 1. The molecule has 2 aromatic rings. The van der Waals surface area contributed by atoms with Crippen LogP contribution in [0.4, 0.5) is 8.78 Å². The molecule has 2 aromatic carbocycles. The third-order valence-electron chi connectivity index (χ3n) is 7.81. The van der Waals surface area contributed by atoms with Crippen molar-refractivity contribution < 1.29 is 23.0 Å². The minimum atomic E-state index is -0.640. The molecule has 36 heavy (non-hydrogen) atoms. The van der Waals surface area contributed by atoms with E-state index in [1.165, 1.54) is 0 Å². The van der Waals surface area contributed by atoms with E-state index in [1.54, 1.807) is 11.0 Å². The molecule has 1 aliphatic carbocycles. The summed E-state index contributed by atoms with van der Waals surface area (Å²) in [5, 5.41) is 13.0. The highest BCUT2D eigenvalue weighted by Crippen LogP contribution is 2.41. The average Bonchev–Trinajstić information content (AvgIpc) is 2.92. The largest absolute Gasteiger partial charge is 0.480 e. The van der Waals surface area contributed by atoms with Gasteiger partial charge >= 0.3 is 0 Å².